The highest BCUT2D eigenvalue weighted by Gasteiger charge is 2.14. The van der Waals surface area contributed by atoms with E-state index in [4.69, 9.17) is 5.73 Å². The monoisotopic (exact) mass is 281 g/mol. The van der Waals surface area contributed by atoms with Crippen LogP contribution in [0.15, 0.2) is 47.3 Å². The molecular formula is C16H15N3O2. The van der Waals surface area contributed by atoms with E-state index in [-0.39, 0.29) is 12.3 Å². The number of hydrogen-bond acceptors (Lipinski definition) is 3. The predicted molar refractivity (Wildman–Crippen MR) is 82.5 cm³/mol. The number of aromatic amines is 1. The first-order valence-corrected chi connectivity index (χ1v) is 6.63. The highest BCUT2D eigenvalue weighted by atomic mass is 16.2. The summed E-state index contributed by atoms with van der Waals surface area (Å²) in [5, 5.41) is 0. The summed E-state index contributed by atoms with van der Waals surface area (Å²) in [6.45, 7) is 1.99. The number of imidazole rings is 1. The zero-order chi connectivity index (χ0) is 15.0. The van der Waals surface area contributed by atoms with E-state index in [0.29, 0.717) is 16.7 Å². The molecule has 0 saturated heterocycles. The first kappa shape index (κ1) is 13.2. The molecule has 0 radical (unpaired) electrons. The number of anilines is 1. The van der Waals surface area contributed by atoms with Crippen LogP contribution >= 0.6 is 0 Å². The fourth-order valence-electron chi connectivity index (χ4n) is 2.34. The van der Waals surface area contributed by atoms with Crippen molar-refractivity contribution in [3.8, 4) is 0 Å². The predicted octanol–water partition coefficient (Wildman–Crippen LogP) is 2.10. The Labute approximate surface area is 121 Å². The lowest BCUT2D eigenvalue weighted by Crippen LogP contribution is -2.25. The summed E-state index contributed by atoms with van der Waals surface area (Å²) in [6, 6.07) is 12.7. The molecule has 0 bridgehead atoms. The molecule has 21 heavy (non-hydrogen) atoms. The number of nitrogens with zero attached hydrogens (tertiary/aromatic N) is 1. The van der Waals surface area contributed by atoms with Crippen molar-refractivity contribution in [2.75, 3.05) is 5.73 Å². The minimum Gasteiger partial charge on any atom is -0.399 e. The third-order valence-electron chi connectivity index (χ3n) is 3.43. The Balaban J connectivity index is 2.00. The lowest BCUT2D eigenvalue weighted by molar-refractivity contribution is 0.0915. The number of carbonyl (C=O) groups excluding carboxylic acids is 1. The molecule has 5 nitrogen and oxygen atoms in total. The third kappa shape index (κ3) is 2.45. The summed E-state index contributed by atoms with van der Waals surface area (Å²) >= 11 is 0. The molecule has 3 rings (SSSR count). The number of nitrogens with one attached hydrogen (secondary N) is 1. The van der Waals surface area contributed by atoms with Gasteiger partial charge in [0.2, 0.25) is 5.91 Å². The van der Waals surface area contributed by atoms with Gasteiger partial charge in [0.05, 0.1) is 17.5 Å². The molecular weight excluding hydrogens is 266 g/mol. The van der Waals surface area contributed by atoms with Crippen molar-refractivity contribution in [3.05, 3.63) is 64.1 Å². The van der Waals surface area contributed by atoms with Crippen LogP contribution in [0.4, 0.5) is 5.69 Å². The molecule has 3 aromatic rings. The van der Waals surface area contributed by atoms with Crippen molar-refractivity contribution in [3.63, 3.8) is 0 Å². The van der Waals surface area contributed by atoms with Crippen LogP contribution in [0, 0.1) is 6.92 Å². The molecule has 0 spiro atoms. The van der Waals surface area contributed by atoms with E-state index in [0.717, 1.165) is 15.7 Å². The average Bonchev–Trinajstić information content (AvgIpc) is 2.76. The summed E-state index contributed by atoms with van der Waals surface area (Å²) in [4.78, 5) is 27.0. The topological polar surface area (TPSA) is 80.9 Å². The van der Waals surface area contributed by atoms with Crippen molar-refractivity contribution in [1.29, 1.82) is 0 Å². The second-order valence-electron chi connectivity index (χ2n) is 5.10. The fraction of sp³-hybridized carbons (Fsp3) is 0.125. The Morgan fingerprint density at radius 1 is 1.19 bits per heavy atom. The van der Waals surface area contributed by atoms with Gasteiger partial charge in [-0.25, -0.2) is 9.36 Å². The number of nitrogen functional groups attached to an aromatic ring is 1. The number of fused-ring (bicyclic) bond motifs is 1. The first-order valence-electron chi connectivity index (χ1n) is 6.63. The third-order valence-corrected chi connectivity index (χ3v) is 3.43. The lowest BCUT2D eigenvalue weighted by Gasteiger charge is -2.03. The zero-order valence-electron chi connectivity index (χ0n) is 11.6. The van der Waals surface area contributed by atoms with Crippen molar-refractivity contribution < 1.29 is 4.79 Å². The highest BCUT2D eigenvalue weighted by Crippen LogP contribution is 2.15. The van der Waals surface area contributed by atoms with Gasteiger partial charge in [0.1, 0.15) is 0 Å². The van der Waals surface area contributed by atoms with E-state index >= 15 is 0 Å². The SMILES string of the molecule is Cc1ccc(CC(=O)n2c(=O)[nH]c3cc(N)ccc32)cc1. The maximum atomic E-state index is 12.4. The van der Waals surface area contributed by atoms with Gasteiger partial charge in [-0.3, -0.25) is 4.79 Å². The molecule has 0 saturated carbocycles. The van der Waals surface area contributed by atoms with Crippen LogP contribution in [0.5, 0.6) is 0 Å². The van der Waals surface area contributed by atoms with Crippen LogP contribution in [0.2, 0.25) is 0 Å². The van der Waals surface area contributed by atoms with Crippen LogP contribution in [0.25, 0.3) is 11.0 Å². The maximum Gasteiger partial charge on any atom is 0.333 e. The molecule has 0 aliphatic heterocycles. The van der Waals surface area contributed by atoms with Crippen LogP contribution in [0.1, 0.15) is 15.9 Å². The van der Waals surface area contributed by atoms with Gasteiger partial charge in [-0.05, 0) is 30.7 Å². The number of aryl methyl sites for hydroxylation is 1. The van der Waals surface area contributed by atoms with Crippen molar-refractivity contribution in [2.24, 2.45) is 0 Å². The normalized spacial score (nSPS) is 10.9. The number of nitrogens with two attached hydrogens (primary N) is 1. The molecule has 2 aromatic carbocycles. The van der Waals surface area contributed by atoms with Gasteiger partial charge in [-0.15, -0.1) is 0 Å². The van der Waals surface area contributed by atoms with Crippen LogP contribution < -0.4 is 11.4 Å². The Hall–Kier alpha value is -2.82. The summed E-state index contributed by atoms with van der Waals surface area (Å²) in [5.74, 6) is -0.264. The number of carbonyl (C=O) groups is 1. The van der Waals surface area contributed by atoms with E-state index in [1.54, 1.807) is 18.2 Å². The van der Waals surface area contributed by atoms with Crippen LogP contribution in [-0.2, 0) is 6.42 Å². The van der Waals surface area contributed by atoms with E-state index in [1.807, 2.05) is 31.2 Å². The van der Waals surface area contributed by atoms with E-state index < -0.39 is 5.69 Å². The first-order chi connectivity index (χ1) is 10.0. The van der Waals surface area contributed by atoms with Gasteiger partial charge in [0.25, 0.3) is 0 Å². The molecule has 0 aliphatic rings. The summed E-state index contributed by atoms with van der Waals surface area (Å²) in [6.07, 6.45) is 0.178. The molecule has 1 aromatic heterocycles. The number of H-pyrrole nitrogens is 1. The second kappa shape index (κ2) is 4.94. The Bertz CT molecular complexity index is 873. The standard InChI is InChI=1S/C16H15N3O2/c1-10-2-4-11(5-3-10)8-15(20)19-14-7-6-12(17)9-13(14)18-16(19)21/h2-7,9H,8,17H2,1H3,(H,18,21). The number of benzene rings is 2. The van der Waals surface area contributed by atoms with Gasteiger partial charge >= 0.3 is 5.69 Å². The minimum atomic E-state index is -0.437. The highest BCUT2D eigenvalue weighted by molar-refractivity contribution is 5.92. The van der Waals surface area contributed by atoms with Gasteiger partial charge in [-0.1, -0.05) is 29.8 Å². The number of hydrogen-bond donors (Lipinski definition) is 2. The Morgan fingerprint density at radius 2 is 1.90 bits per heavy atom. The van der Waals surface area contributed by atoms with E-state index in [9.17, 15) is 9.59 Å². The quantitative estimate of drug-likeness (QED) is 0.706. The molecule has 0 fully saturated rings. The largest absolute Gasteiger partial charge is 0.399 e. The summed E-state index contributed by atoms with van der Waals surface area (Å²) in [7, 11) is 0. The smallest absolute Gasteiger partial charge is 0.333 e. The van der Waals surface area contributed by atoms with E-state index in [1.165, 1.54) is 0 Å². The molecule has 0 aliphatic carbocycles. The zero-order valence-corrected chi connectivity index (χ0v) is 11.6. The van der Waals surface area contributed by atoms with Crippen molar-refractivity contribution >= 4 is 22.6 Å². The molecule has 0 unspecified atom stereocenters. The summed E-state index contributed by atoms with van der Waals surface area (Å²) in [5.41, 5.74) is 8.91. The molecule has 0 amide bonds. The van der Waals surface area contributed by atoms with Gasteiger partial charge in [-0.2, -0.15) is 0 Å². The second-order valence-corrected chi connectivity index (χ2v) is 5.10. The Morgan fingerprint density at radius 3 is 2.62 bits per heavy atom. The maximum absolute atomic E-state index is 12.4. The van der Waals surface area contributed by atoms with Gasteiger partial charge in [0, 0.05) is 5.69 Å². The Kier molecular flexibility index (Phi) is 3.10. The lowest BCUT2D eigenvalue weighted by atomic mass is 10.1. The van der Waals surface area contributed by atoms with Gasteiger partial charge in [0.15, 0.2) is 0 Å². The molecule has 106 valence electrons. The fourth-order valence-corrected chi connectivity index (χ4v) is 2.34. The molecule has 0 atom stereocenters. The van der Waals surface area contributed by atoms with Crippen molar-refractivity contribution in [2.45, 2.75) is 13.3 Å². The number of aromatic nitrogens is 2. The van der Waals surface area contributed by atoms with Crippen LogP contribution in [-0.4, -0.2) is 15.5 Å². The van der Waals surface area contributed by atoms with Crippen LogP contribution in [0.3, 0.4) is 0 Å². The minimum absolute atomic E-state index is 0.178. The molecule has 3 N–H and O–H groups in total. The van der Waals surface area contributed by atoms with Gasteiger partial charge < -0.3 is 10.7 Å². The number of rotatable bonds is 2. The van der Waals surface area contributed by atoms with E-state index in [2.05, 4.69) is 4.98 Å². The van der Waals surface area contributed by atoms with Crippen molar-refractivity contribution in [1.82, 2.24) is 9.55 Å². The summed E-state index contributed by atoms with van der Waals surface area (Å²) < 4.78 is 1.16. The molecule has 1 heterocycles. The average molecular weight is 281 g/mol. The molecule has 5 heteroatoms.